The van der Waals surface area contributed by atoms with Crippen LogP contribution in [0.15, 0.2) is 24.3 Å². The lowest BCUT2D eigenvalue weighted by molar-refractivity contribution is -0.0583. The lowest BCUT2D eigenvalue weighted by Crippen LogP contribution is -2.50. The van der Waals surface area contributed by atoms with E-state index in [-0.39, 0.29) is 11.7 Å². The monoisotopic (exact) mass is 474 g/mol. The lowest BCUT2D eigenvalue weighted by Gasteiger charge is -2.28. The third-order valence-electron chi connectivity index (χ3n) is 6.19. The summed E-state index contributed by atoms with van der Waals surface area (Å²) in [5.74, 6) is -2.50. The number of nitrogens with zero attached hydrogens (tertiary/aromatic N) is 2. The number of benzene rings is 2. The molecule has 0 spiro atoms. The fourth-order valence-electron chi connectivity index (χ4n) is 4.30. The van der Waals surface area contributed by atoms with Gasteiger partial charge in [-0.25, -0.2) is 14.4 Å². The van der Waals surface area contributed by atoms with Crippen molar-refractivity contribution in [3.63, 3.8) is 0 Å². The Morgan fingerprint density at radius 3 is 2.82 bits per heavy atom. The molecule has 3 aromatic rings. The minimum atomic E-state index is -3.68. The Kier molecular flexibility index (Phi) is 5.73. The van der Waals surface area contributed by atoms with Gasteiger partial charge in [-0.3, -0.25) is 0 Å². The van der Waals surface area contributed by atoms with Crippen LogP contribution in [0, 0.1) is 12.7 Å². The fourth-order valence-corrected chi connectivity index (χ4v) is 4.30. The third-order valence-corrected chi connectivity index (χ3v) is 6.19. The smallest absolute Gasteiger partial charge is 0.298 e. The van der Waals surface area contributed by atoms with Gasteiger partial charge >= 0.3 is 0 Å². The zero-order chi connectivity index (χ0) is 24.0. The number of aliphatic hydroxyl groups excluding tert-OH is 1. The number of hydrogen-bond donors (Lipinski definition) is 3. The van der Waals surface area contributed by atoms with Crippen LogP contribution < -0.4 is 20.1 Å². The van der Waals surface area contributed by atoms with Gasteiger partial charge in [0, 0.05) is 36.0 Å². The fraction of sp³-hybridized carbons (Fsp3) is 0.417. The van der Waals surface area contributed by atoms with Crippen LogP contribution >= 0.6 is 0 Å². The number of alkyl halides is 2. The second-order valence-corrected chi connectivity index (χ2v) is 8.63. The molecule has 1 atom stereocenters. The topological polar surface area (TPSA) is 88.5 Å². The van der Waals surface area contributed by atoms with E-state index in [2.05, 4.69) is 20.6 Å². The van der Waals surface area contributed by atoms with Crippen LogP contribution in [-0.4, -0.2) is 47.5 Å². The van der Waals surface area contributed by atoms with E-state index in [4.69, 9.17) is 14.6 Å². The average molecular weight is 474 g/mol. The number of anilines is 1. The second kappa shape index (κ2) is 8.59. The third kappa shape index (κ3) is 3.90. The summed E-state index contributed by atoms with van der Waals surface area (Å²) in [5.41, 5.74) is 0.841. The predicted octanol–water partition coefficient (Wildman–Crippen LogP) is 3.62. The molecule has 2 aliphatic rings. The average Bonchev–Trinajstić information content (AvgIpc) is 3.27. The first kappa shape index (κ1) is 22.7. The number of ether oxygens (including phenoxy) is 2. The minimum absolute atomic E-state index is 0.0385. The molecule has 34 heavy (non-hydrogen) atoms. The molecule has 1 fully saturated rings. The Morgan fingerprint density at radius 2 is 2.12 bits per heavy atom. The van der Waals surface area contributed by atoms with Gasteiger partial charge in [-0.05, 0) is 26.0 Å². The maximum absolute atomic E-state index is 15.0. The van der Waals surface area contributed by atoms with Crippen molar-refractivity contribution in [2.75, 3.05) is 31.6 Å². The van der Waals surface area contributed by atoms with Gasteiger partial charge in [0.15, 0.2) is 11.5 Å². The Labute approximate surface area is 194 Å². The highest BCUT2D eigenvalue weighted by Crippen LogP contribution is 2.43. The normalized spacial score (nSPS) is 16.6. The van der Waals surface area contributed by atoms with Crippen molar-refractivity contribution in [1.82, 2.24) is 15.3 Å². The highest BCUT2D eigenvalue weighted by atomic mass is 19.3. The molecule has 10 heteroatoms. The van der Waals surface area contributed by atoms with E-state index >= 15 is 4.39 Å². The molecule has 0 bridgehead atoms. The zero-order valence-electron chi connectivity index (χ0n) is 18.8. The summed E-state index contributed by atoms with van der Waals surface area (Å²) in [6, 6.07) is 4.88. The molecule has 1 aromatic heterocycles. The molecule has 3 heterocycles. The van der Waals surface area contributed by atoms with Crippen molar-refractivity contribution in [3.8, 4) is 11.5 Å². The van der Waals surface area contributed by atoms with Gasteiger partial charge in [0.05, 0.1) is 23.7 Å². The molecule has 0 radical (unpaired) electrons. The van der Waals surface area contributed by atoms with Gasteiger partial charge in [-0.1, -0.05) is 12.1 Å². The first-order valence-electron chi connectivity index (χ1n) is 11.2. The molecule has 0 aliphatic carbocycles. The highest BCUT2D eigenvalue weighted by Gasteiger charge is 2.35. The van der Waals surface area contributed by atoms with E-state index in [1.807, 2.05) is 6.07 Å². The Hall–Kier alpha value is -3.11. The highest BCUT2D eigenvalue weighted by molar-refractivity contribution is 5.95. The summed E-state index contributed by atoms with van der Waals surface area (Å²) >= 11 is 0. The van der Waals surface area contributed by atoms with E-state index < -0.39 is 30.0 Å². The first-order chi connectivity index (χ1) is 16.3. The molecule has 2 aromatic carbocycles. The van der Waals surface area contributed by atoms with E-state index in [0.717, 1.165) is 30.2 Å². The van der Waals surface area contributed by atoms with Crippen molar-refractivity contribution < 1.29 is 27.8 Å². The summed E-state index contributed by atoms with van der Waals surface area (Å²) in [4.78, 5) is 9.14. The van der Waals surface area contributed by atoms with Crippen LogP contribution in [0.25, 0.3) is 10.9 Å². The van der Waals surface area contributed by atoms with Crippen LogP contribution in [0.5, 0.6) is 11.5 Å². The molecule has 5 rings (SSSR count). The molecule has 0 unspecified atom stereocenters. The van der Waals surface area contributed by atoms with Crippen molar-refractivity contribution in [3.05, 3.63) is 52.6 Å². The lowest BCUT2D eigenvalue weighted by atomic mass is 10.00. The van der Waals surface area contributed by atoms with Crippen molar-refractivity contribution >= 4 is 16.7 Å². The van der Waals surface area contributed by atoms with Gasteiger partial charge in [-0.15, -0.1) is 0 Å². The van der Waals surface area contributed by atoms with Gasteiger partial charge in [0.2, 0.25) is 0 Å². The van der Waals surface area contributed by atoms with Crippen LogP contribution in [-0.2, 0) is 12.3 Å². The number of aromatic nitrogens is 2. The summed E-state index contributed by atoms with van der Waals surface area (Å²) in [5, 5.41) is 16.0. The van der Waals surface area contributed by atoms with Gasteiger partial charge < -0.3 is 25.2 Å². The van der Waals surface area contributed by atoms with E-state index in [9.17, 15) is 8.78 Å². The number of aryl methyl sites for hydroxylation is 1. The van der Waals surface area contributed by atoms with Crippen LogP contribution in [0.2, 0.25) is 0 Å². The van der Waals surface area contributed by atoms with Crippen LogP contribution in [0.4, 0.5) is 19.0 Å². The van der Waals surface area contributed by atoms with Crippen molar-refractivity contribution in [1.29, 1.82) is 0 Å². The quantitative estimate of drug-likeness (QED) is 0.482. The number of halogens is 3. The number of hydrogen-bond acceptors (Lipinski definition) is 7. The van der Waals surface area contributed by atoms with Gasteiger partial charge in [0.25, 0.3) is 5.92 Å². The summed E-state index contributed by atoms with van der Waals surface area (Å²) < 4.78 is 55.0. The molecular weight excluding hydrogens is 449 g/mol. The molecule has 1 saturated heterocycles. The number of fused-ring (bicyclic) bond motifs is 3. The molecule has 0 amide bonds. The summed E-state index contributed by atoms with van der Waals surface area (Å²) in [6.07, 6.45) is 0.710. The number of nitrogens with one attached hydrogen (secondary N) is 2. The summed E-state index contributed by atoms with van der Waals surface area (Å²) in [7, 11) is 0. The Morgan fingerprint density at radius 1 is 1.32 bits per heavy atom. The SMILES string of the molecule is Cc1nc(N[C@H](C)c2cccc(C(F)(F)CO)c2F)c2cc(OC3CNC3)c3c(c2n1)CCO3. The minimum Gasteiger partial charge on any atom is -0.489 e. The predicted molar refractivity (Wildman–Crippen MR) is 120 cm³/mol. The van der Waals surface area contributed by atoms with E-state index in [1.165, 1.54) is 12.1 Å². The largest absolute Gasteiger partial charge is 0.489 e. The zero-order valence-corrected chi connectivity index (χ0v) is 18.8. The first-order valence-corrected chi connectivity index (χ1v) is 11.2. The standard InChI is InChI=1S/C24H25F3N4O3/c1-12(15-4-3-5-18(20(15)25)24(26,27)11-32)29-23-17-8-19(34-14-9-28-10-14)22-16(6-7-33-22)21(17)30-13(2)31-23/h3-5,8,12,14,28,32H,6-7,9-11H2,1-2H3,(H,29,30,31)/t12-/m1/s1. The maximum atomic E-state index is 15.0. The molecular formula is C24H25F3N4O3. The number of rotatable bonds is 7. The second-order valence-electron chi connectivity index (χ2n) is 8.63. The van der Waals surface area contributed by atoms with Gasteiger partial charge in [0.1, 0.15) is 30.2 Å². The Bertz CT molecular complexity index is 1250. The van der Waals surface area contributed by atoms with E-state index in [0.29, 0.717) is 41.6 Å². The molecule has 0 saturated carbocycles. The van der Waals surface area contributed by atoms with Crippen LogP contribution in [0.1, 0.15) is 35.5 Å². The van der Waals surface area contributed by atoms with Gasteiger partial charge in [-0.2, -0.15) is 8.78 Å². The van der Waals surface area contributed by atoms with Crippen molar-refractivity contribution in [2.24, 2.45) is 0 Å². The molecule has 3 N–H and O–H groups in total. The summed E-state index contributed by atoms with van der Waals surface area (Å²) in [6.45, 7) is 3.95. The molecule has 2 aliphatic heterocycles. The maximum Gasteiger partial charge on any atom is 0.298 e. The molecule has 7 nitrogen and oxygen atoms in total. The van der Waals surface area contributed by atoms with Crippen LogP contribution in [0.3, 0.4) is 0 Å². The molecule has 180 valence electrons. The van der Waals surface area contributed by atoms with E-state index in [1.54, 1.807) is 13.8 Å². The Balaban J connectivity index is 1.55. The number of aliphatic hydroxyl groups is 1. The van der Waals surface area contributed by atoms with Crippen molar-refractivity contribution in [2.45, 2.75) is 38.3 Å².